The van der Waals surface area contributed by atoms with Crippen LogP contribution in [0.15, 0.2) is 41.6 Å². The van der Waals surface area contributed by atoms with Crippen LogP contribution < -0.4 is 15.8 Å². The van der Waals surface area contributed by atoms with Crippen LogP contribution in [0.3, 0.4) is 0 Å². The van der Waals surface area contributed by atoms with E-state index in [1.165, 1.54) is 49.9 Å². The predicted molar refractivity (Wildman–Crippen MR) is 98.3 cm³/mol. The van der Waals surface area contributed by atoms with Crippen molar-refractivity contribution in [3.63, 3.8) is 0 Å². The Bertz CT molecular complexity index is 878. The lowest BCUT2D eigenvalue weighted by Crippen LogP contribution is -2.23. The molecular weight excluding hydrogens is 354 g/mol. The van der Waals surface area contributed by atoms with Gasteiger partial charge in [-0.05, 0) is 37.1 Å². The minimum atomic E-state index is -3.76. The third-order valence-electron chi connectivity index (χ3n) is 4.30. The number of rotatable bonds is 5. The number of carbonyl (C=O) groups excluding carboxylic acids is 1. The van der Waals surface area contributed by atoms with E-state index < -0.39 is 15.9 Å². The van der Waals surface area contributed by atoms with Gasteiger partial charge in [0.2, 0.25) is 10.0 Å². The van der Waals surface area contributed by atoms with E-state index in [4.69, 9.17) is 5.14 Å². The fourth-order valence-electron chi connectivity index (χ4n) is 2.94. The number of benzene rings is 1. The number of primary sulfonamides is 1. The standard InChI is InChI=1S/C17H21N5O3S/c18-26(24,25)14-8-6-13(7-9-14)22-17(23)15-10-16(20-11-19-15)21-12-4-2-1-3-5-12/h6-12H,1-5H2,(H,22,23)(H2,18,24,25)(H,19,20,21). The smallest absolute Gasteiger partial charge is 0.274 e. The van der Waals surface area contributed by atoms with Crippen molar-refractivity contribution >= 4 is 27.4 Å². The van der Waals surface area contributed by atoms with Crippen LogP contribution in [0, 0.1) is 0 Å². The fourth-order valence-corrected chi connectivity index (χ4v) is 3.45. The Labute approximate surface area is 152 Å². The summed E-state index contributed by atoms with van der Waals surface area (Å²) < 4.78 is 22.5. The van der Waals surface area contributed by atoms with E-state index in [0.717, 1.165) is 12.8 Å². The maximum absolute atomic E-state index is 12.4. The van der Waals surface area contributed by atoms with E-state index in [1.807, 2.05) is 0 Å². The van der Waals surface area contributed by atoms with Crippen LogP contribution in [-0.2, 0) is 10.0 Å². The lowest BCUT2D eigenvalue weighted by Gasteiger charge is -2.23. The number of nitrogens with two attached hydrogens (primary N) is 1. The normalized spacial score (nSPS) is 15.4. The molecule has 2 aromatic rings. The Morgan fingerprint density at radius 1 is 1.08 bits per heavy atom. The fraction of sp³-hybridized carbons (Fsp3) is 0.353. The van der Waals surface area contributed by atoms with Gasteiger partial charge >= 0.3 is 0 Å². The van der Waals surface area contributed by atoms with E-state index in [2.05, 4.69) is 20.6 Å². The molecule has 0 spiro atoms. The number of aromatic nitrogens is 2. The zero-order chi connectivity index (χ0) is 18.6. The maximum atomic E-state index is 12.4. The summed E-state index contributed by atoms with van der Waals surface area (Å²) in [5.41, 5.74) is 0.677. The Kier molecular flexibility index (Phi) is 5.48. The lowest BCUT2D eigenvalue weighted by molar-refractivity contribution is 0.102. The van der Waals surface area contributed by atoms with Gasteiger partial charge in [0, 0.05) is 17.8 Å². The number of hydrogen-bond donors (Lipinski definition) is 3. The largest absolute Gasteiger partial charge is 0.367 e. The predicted octanol–water partition coefficient (Wildman–Crippen LogP) is 2.12. The second-order valence-corrected chi connectivity index (χ2v) is 7.85. The lowest BCUT2D eigenvalue weighted by atomic mass is 9.95. The van der Waals surface area contributed by atoms with Gasteiger partial charge in [-0.15, -0.1) is 0 Å². The molecule has 1 aromatic heterocycles. The SMILES string of the molecule is NS(=O)(=O)c1ccc(NC(=O)c2cc(NC3CCCCC3)ncn2)cc1. The van der Waals surface area contributed by atoms with Gasteiger partial charge in [0.25, 0.3) is 5.91 Å². The third kappa shape index (κ3) is 4.77. The average molecular weight is 375 g/mol. The maximum Gasteiger partial charge on any atom is 0.274 e. The molecule has 0 saturated heterocycles. The first-order valence-corrected chi connectivity index (χ1v) is 9.99. The van der Waals surface area contributed by atoms with E-state index >= 15 is 0 Å². The average Bonchev–Trinajstić information content (AvgIpc) is 2.62. The molecule has 1 aromatic carbocycles. The number of nitrogens with one attached hydrogen (secondary N) is 2. The molecule has 0 radical (unpaired) electrons. The van der Waals surface area contributed by atoms with Crippen molar-refractivity contribution in [1.29, 1.82) is 0 Å². The molecule has 1 saturated carbocycles. The van der Waals surface area contributed by atoms with Crippen LogP contribution in [0.25, 0.3) is 0 Å². The van der Waals surface area contributed by atoms with Crippen LogP contribution in [0.1, 0.15) is 42.6 Å². The van der Waals surface area contributed by atoms with Crippen molar-refractivity contribution in [3.8, 4) is 0 Å². The minimum Gasteiger partial charge on any atom is -0.367 e. The van der Waals surface area contributed by atoms with Gasteiger partial charge in [-0.25, -0.2) is 23.5 Å². The van der Waals surface area contributed by atoms with Crippen molar-refractivity contribution in [2.24, 2.45) is 5.14 Å². The van der Waals surface area contributed by atoms with E-state index in [-0.39, 0.29) is 10.6 Å². The highest BCUT2D eigenvalue weighted by molar-refractivity contribution is 7.89. The molecule has 4 N–H and O–H groups in total. The highest BCUT2D eigenvalue weighted by Crippen LogP contribution is 2.21. The second-order valence-electron chi connectivity index (χ2n) is 6.29. The van der Waals surface area contributed by atoms with Crippen molar-refractivity contribution in [2.75, 3.05) is 10.6 Å². The molecule has 1 heterocycles. The first kappa shape index (κ1) is 18.3. The molecule has 0 bridgehead atoms. The zero-order valence-electron chi connectivity index (χ0n) is 14.2. The molecule has 1 aliphatic carbocycles. The molecule has 1 aliphatic rings. The van der Waals surface area contributed by atoms with Crippen LogP contribution in [0.4, 0.5) is 11.5 Å². The summed E-state index contributed by atoms with van der Waals surface area (Å²) in [5, 5.41) is 11.1. The van der Waals surface area contributed by atoms with Gasteiger partial charge < -0.3 is 10.6 Å². The molecule has 26 heavy (non-hydrogen) atoms. The number of anilines is 2. The molecule has 1 fully saturated rings. The van der Waals surface area contributed by atoms with Crippen molar-refractivity contribution in [2.45, 2.75) is 43.0 Å². The molecule has 138 valence electrons. The molecule has 1 amide bonds. The van der Waals surface area contributed by atoms with Gasteiger partial charge in [0.05, 0.1) is 4.90 Å². The summed E-state index contributed by atoms with van der Waals surface area (Å²) in [5.74, 6) is 0.226. The summed E-state index contributed by atoms with van der Waals surface area (Å²) in [4.78, 5) is 20.5. The highest BCUT2D eigenvalue weighted by atomic mass is 32.2. The second kappa shape index (κ2) is 7.79. The summed E-state index contributed by atoms with van der Waals surface area (Å²) >= 11 is 0. The van der Waals surface area contributed by atoms with Gasteiger partial charge in [-0.2, -0.15) is 0 Å². The first-order chi connectivity index (χ1) is 12.4. The van der Waals surface area contributed by atoms with E-state index in [9.17, 15) is 13.2 Å². The molecule has 9 heteroatoms. The summed E-state index contributed by atoms with van der Waals surface area (Å²) in [6.07, 6.45) is 7.21. The van der Waals surface area contributed by atoms with E-state index in [0.29, 0.717) is 17.5 Å². The molecule has 0 aliphatic heterocycles. The highest BCUT2D eigenvalue weighted by Gasteiger charge is 2.15. The van der Waals surface area contributed by atoms with Crippen LogP contribution in [-0.4, -0.2) is 30.3 Å². The molecule has 3 rings (SSSR count). The van der Waals surface area contributed by atoms with Gasteiger partial charge in [0.15, 0.2) is 0 Å². The number of amides is 1. The van der Waals surface area contributed by atoms with Crippen molar-refractivity contribution in [1.82, 2.24) is 9.97 Å². The Balaban J connectivity index is 1.66. The number of hydrogen-bond acceptors (Lipinski definition) is 6. The van der Waals surface area contributed by atoms with Crippen LogP contribution in [0.5, 0.6) is 0 Å². The van der Waals surface area contributed by atoms with Gasteiger partial charge in [0.1, 0.15) is 17.8 Å². The minimum absolute atomic E-state index is 0.0171. The Morgan fingerprint density at radius 3 is 2.42 bits per heavy atom. The first-order valence-electron chi connectivity index (χ1n) is 8.44. The topological polar surface area (TPSA) is 127 Å². The molecule has 8 nitrogen and oxygen atoms in total. The van der Waals surface area contributed by atoms with E-state index in [1.54, 1.807) is 6.07 Å². The van der Waals surface area contributed by atoms with Crippen LogP contribution in [0.2, 0.25) is 0 Å². The summed E-state index contributed by atoms with van der Waals surface area (Å²) in [7, 11) is -3.76. The van der Waals surface area contributed by atoms with Gasteiger partial charge in [-0.1, -0.05) is 19.3 Å². The molecule has 0 atom stereocenters. The van der Waals surface area contributed by atoms with Gasteiger partial charge in [-0.3, -0.25) is 4.79 Å². The Morgan fingerprint density at radius 2 is 1.77 bits per heavy atom. The summed E-state index contributed by atoms with van der Waals surface area (Å²) in [6.45, 7) is 0. The number of sulfonamides is 1. The molecule has 0 unspecified atom stereocenters. The van der Waals surface area contributed by atoms with Crippen molar-refractivity contribution in [3.05, 3.63) is 42.4 Å². The van der Waals surface area contributed by atoms with Crippen LogP contribution >= 0.6 is 0 Å². The monoisotopic (exact) mass is 375 g/mol. The number of carbonyl (C=O) groups is 1. The zero-order valence-corrected chi connectivity index (χ0v) is 15.0. The molecular formula is C17H21N5O3S. The summed E-state index contributed by atoms with van der Waals surface area (Å²) in [6, 6.07) is 7.60. The third-order valence-corrected chi connectivity index (χ3v) is 5.23. The Hall–Kier alpha value is -2.52. The number of nitrogens with zero attached hydrogens (tertiary/aromatic N) is 2. The van der Waals surface area contributed by atoms with Crippen molar-refractivity contribution < 1.29 is 13.2 Å². The quantitative estimate of drug-likeness (QED) is 0.734.